The number of nitrogens with one attached hydrogen (secondary N) is 1. The van der Waals surface area contributed by atoms with Crippen molar-refractivity contribution in [2.24, 2.45) is 11.8 Å². The van der Waals surface area contributed by atoms with Crippen molar-refractivity contribution in [3.05, 3.63) is 88.4 Å². The van der Waals surface area contributed by atoms with Gasteiger partial charge in [-0.2, -0.15) is 4.31 Å². The monoisotopic (exact) mass is 542 g/mol. The molecule has 0 aliphatic carbocycles. The summed E-state index contributed by atoms with van der Waals surface area (Å²) >= 11 is 7.54. The van der Waals surface area contributed by atoms with Gasteiger partial charge in [0.2, 0.25) is 10.0 Å². The maximum atomic E-state index is 13.5. The Labute approximate surface area is 223 Å². The van der Waals surface area contributed by atoms with E-state index in [2.05, 4.69) is 19.2 Å². The van der Waals surface area contributed by atoms with Crippen LogP contribution in [0.2, 0.25) is 5.02 Å². The minimum atomic E-state index is -3.73. The molecule has 1 N–H and O–H groups in total. The lowest BCUT2D eigenvalue weighted by Crippen LogP contribution is -2.42. The molecule has 190 valence electrons. The molecule has 0 radical (unpaired) electrons. The molecule has 0 spiro atoms. The summed E-state index contributed by atoms with van der Waals surface area (Å²) in [6, 6.07) is 20.1. The number of sulfonamides is 1. The van der Waals surface area contributed by atoms with Gasteiger partial charge in [0.1, 0.15) is 0 Å². The number of piperidine rings is 1. The molecule has 4 rings (SSSR count). The standard InChI is InChI=1S/C28H31ClN2O3S2/c1-19-7-9-22(10-8-19)16-30-28(32)26-15-25(36(33,34)31-17-20(2)13-21(3)18-31)11-12-27(26)35-24-6-4-5-23(29)14-24/h4-12,14-15,20-21H,13,16-18H2,1-3H3,(H,30,32). The summed E-state index contributed by atoms with van der Waals surface area (Å²) in [5.74, 6) is 0.259. The van der Waals surface area contributed by atoms with Crippen LogP contribution in [0.4, 0.5) is 0 Å². The van der Waals surface area contributed by atoms with Crippen molar-refractivity contribution in [3.63, 3.8) is 0 Å². The van der Waals surface area contributed by atoms with Crippen LogP contribution < -0.4 is 5.32 Å². The third-order valence-corrected chi connectivity index (χ3v) is 9.39. The first kappa shape index (κ1) is 26.7. The summed E-state index contributed by atoms with van der Waals surface area (Å²) in [4.78, 5) is 15.0. The lowest BCUT2D eigenvalue weighted by atomic mass is 9.94. The number of aryl methyl sites for hydroxylation is 1. The van der Waals surface area contributed by atoms with Gasteiger partial charge in [0, 0.05) is 34.4 Å². The zero-order chi connectivity index (χ0) is 25.9. The number of hydrogen-bond donors (Lipinski definition) is 1. The molecule has 1 aliphatic heterocycles. The van der Waals surface area contributed by atoms with E-state index in [4.69, 9.17) is 11.6 Å². The van der Waals surface area contributed by atoms with Gasteiger partial charge in [-0.3, -0.25) is 4.79 Å². The van der Waals surface area contributed by atoms with E-state index >= 15 is 0 Å². The number of benzene rings is 3. The predicted octanol–water partition coefficient (Wildman–Crippen LogP) is 6.40. The molecular weight excluding hydrogens is 512 g/mol. The molecule has 3 aromatic rings. The zero-order valence-electron chi connectivity index (χ0n) is 20.7. The van der Waals surface area contributed by atoms with Crippen molar-refractivity contribution >= 4 is 39.3 Å². The van der Waals surface area contributed by atoms with E-state index in [1.165, 1.54) is 17.8 Å². The normalized spacial score (nSPS) is 18.7. The number of nitrogens with zero attached hydrogens (tertiary/aromatic N) is 1. The van der Waals surface area contributed by atoms with Crippen molar-refractivity contribution in [2.75, 3.05) is 13.1 Å². The topological polar surface area (TPSA) is 66.5 Å². The molecular formula is C28H31ClN2O3S2. The van der Waals surface area contributed by atoms with Gasteiger partial charge in [0.25, 0.3) is 5.91 Å². The quantitative estimate of drug-likeness (QED) is 0.375. The van der Waals surface area contributed by atoms with E-state index < -0.39 is 10.0 Å². The molecule has 1 amide bonds. The highest BCUT2D eigenvalue weighted by molar-refractivity contribution is 7.99. The van der Waals surface area contributed by atoms with Crippen LogP contribution in [0.25, 0.3) is 0 Å². The summed E-state index contributed by atoms with van der Waals surface area (Å²) in [6.45, 7) is 7.48. The van der Waals surface area contributed by atoms with Gasteiger partial charge in [0.05, 0.1) is 10.5 Å². The molecule has 8 heteroatoms. The molecule has 1 heterocycles. The number of hydrogen-bond acceptors (Lipinski definition) is 4. The van der Waals surface area contributed by atoms with E-state index in [9.17, 15) is 13.2 Å². The fraction of sp³-hybridized carbons (Fsp3) is 0.321. The van der Waals surface area contributed by atoms with Crippen LogP contribution in [0.15, 0.2) is 81.4 Å². The van der Waals surface area contributed by atoms with Crippen LogP contribution in [-0.2, 0) is 16.6 Å². The first-order chi connectivity index (χ1) is 17.1. The lowest BCUT2D eigenvalue weighted by Gasteiger charge is -2.34. The molecule has 36 heavy (non-hydrogen) atoms. The van der Waals surface area contributed by atoms with Crippen molar-refractivity contribution in [2.45, 2.75) is 48.4 Å². The second kappa shape index (κ2) is 11.4. The summed E-state index contributed by atoms with van der Waals surface area (Å²) in [7, 11) is -3.73. The molecule has 1 aliphatic rings. The highest BCUT2D eigenvalue weighted by Crippen LogP contribution is 2.34. The molecule has 5 nitrogen and oxygen atoms in total. The first-order valence-electron chi connectivity index (χ1n) is 12.0. The van der Waals surface area contributed by atoms with Crippen LogP contribution >= 0.6 is 23.4 Å². The van der Waals surface area contributed by atoms with E-state index in [1.807, 2.05) is 49.4 Å². The minimum Gasteiger partial charge on any atom is -0.348 e. The number of carbonyl (C=O) groups excluding carboxylic acids is 1. The van der Waals surface area contributed by atoms with Crippen LogP contribution in [0.1, 0.15) is 41.8 Å². The van der Waals surface area contributed by atoms with E-state index in [0.717, 1.165) is 22.4 Å². The third-order valence-electron chi connectivity index (χ3n) is 6.27. The van der Waals surface area contributed by atoms with Gasteiger partial charge in [-0.25, -0.2) is 8.42 Å². The van der Waals surface area contributed by atoms with Gasteiger partial charge < -0.3 is 5.32 Å². The molecule has 1 fully saturated rings. The molecule has 2 atom stereocenters. The molecule has 0 saturated carbocycles. The molecule has 3 aromatic carbocycles. The third kappa shape index (κ3) is 6.51. The van der Waals surface area contributed by atoms with Gasteiger partial charge >= 0.3 is 0 Å². The lowest BCUT2D eigenvalue weighted by molar-refractivity contribution is 0.0947. The summed E-state index contributed by atoms with van der Waals surface area (Å²) < 4.78 is 28.7. The van der Waals surface area contributed by atoms with Crippen LogP contribution in [0.5, 0.6) is 0 Å². The highest BCUT2D eigenvalue weighted by Gasteiger charge is 2.32. The Morgan fingerprint density at radius 3 is 2.39 bits per heavy atom. The number of rotatable bonds is 7. The minimum absolute atomic E-state index is 0.139. The van der Waals surface area contributed by atoms with Crippen LogP contribution in [-0.4, -0.2) is 31.7 Å². The molecule has 1 saturated heterocycles. The van der Waals surface area contributed by atoms with E-state index in [0.29, 0.717) is 47.0 Å². The smallest absolute Gasteiger partial charge is 0.252 e. The fourth-order valence-electron chi connectivity index (χ4n) is 4.53. The maximum absolute atomic E-state index is 13.5. The molecule has 0 aromatic heterocycles. The Bertz CT molecular complexity index is 1330. The van der Waals surface area contributed by atoms with Gasteiger partial charge in [0.15, 0.2) is 0 Å². The summed E-state index contributed by atoms with van der Waals surface area (Å²) in [5.41, 5.74) is 2.44. The number of halogens is 1. The highest BCUT2D eigenvalue weighted by atomic mass is 35.5. The van der Waals surface area contributed by atoms with Crippen molar-refractivity contribution in [1.29, 1.82) is 0 Å². The van der Waals surface area contributed by atoms with Crippen molar-refractivity contribution in [1.82, 2.24) is 9.62 Å². The summed E-state index contributed by atoms with van der Waals surface area (Å²) in [5, 5.41) is 3.55. The Balaban J connectivity index is 1.66. The maximum Gasteiger partial charge on any atom is 0.252 e. The van der Waals surface area contributed by atoms with E-state index in [-0.39, 0.29) is 10.8 Å². The van der Waals surface area contributed by atoms with Gasteiger partial charge in [-0.1, -0.05) is 73.1 Å². The first-order valence-corrected chi connectivity index (χ1v) is 14.7. The van der Waals surface area contributed by atoms with Crippen LogP contribution in [0, 0.1) is 18.8 Å². The van der Waals surface area contributed by atoms with Crippen molar-refractivity contribution in [3.8, 4) is 0 Å². The SMILES string of the molecule is Cc1ccc(CNC(=O)c2cc(S(=O)(=O)N3CC(C)CC(C)C3)ccc2Sc2cccc(Cl)c2)cc1. The second-order valence-electron chi connectivity index (χ2n) is 9.65. The Kier molecular flexibility index (Phi) is 8.45. The summed E-state index contributed by atoms with van der Waals surface area (Å²) in [6.07, 6.45) is 1.01. The Hall–Kier alpha value is -2.32. The van der Waals surface area contributed by atoms with Crippen molar-refractivity contribution < 1.29 is 13.2 Å². The van der Waals surface area contributed by atoms with Crippen LogP contribution in [0.3, 0.4) is 0 Å². The second-order valence-corrected chi connectivity index (χ2v) is 13.1. The predicted molar refractivity (Wildman–Crippen MR) is 146 cm³/mol. The van der Waals surface area contributed by atoms with Gasteiger partial charge in [-0.15, -0.1) is 0 Å². The van der Waals surface area contributed by atoms with E-state index in [1.54, 1.807) is 22.5 Å². The largest absolute Gasteiger partial charge is 0.348 e. The fourth-order valence-corrected chi connectivity index (χ4v) is 7.47. The molecule has 2 unspecified atom stereocenters. The number of carbonyl (C=O) groups is 1. The Morgan fingerprint density at radius 1 is 1.03 bits per heavy atom. The average molecular weight is 543 g/mol. The molecule has 0 bridgehead atoms. The Morgan fingerprint density at radius 2 is 1.72 bits per heavy atom. The zero-order valence-corrected chi connectivity index (χ0v) is 23.1. The number of amides is 1. The van der Waals surface area contributed by atoms with Gasteiger partial charge in [-0.05, 0) is 67.1 Å². The average Bonchev–Trinajstić information content (AvgIpc) is 2.83.